The summed E-state index contributed by atoms with van der Waals surface area (Å²) < 4.78 is 7.83. The van der Waals surface area contributed by atoms with E-state index in [1.54, 1.807) is 0 Å². The van der Waals surface area contributed by atoms with E-state index in [9.17, 15) is 0 Å². The molecule has 4 heteroatoms. The molecular weight excluding hydrogens is 226 g/mol. The number of aryl methyl sites for hydroxylation is 1. The standard InChI is InChI=1S/C14H21N3O/c1-4-5-9-17-11-7-6-8-12(18-10(2)3)13(11)16-14(17)15/h6-8,10H,4-5,9H2,1-3H3,(H2,15,16). The molecule has 1 aromatic carbocycles. The van der Waals surface area contributed by atoms with Crippen molar-refractivity contribution in [1.82, 2.24) is 9.55 Å². The summed E-state index contributed by atoms with van der Waals surface area (Å²) in [7, 11) is 0. The Morgan fingerprint density at radius 2 is 2.17 bits per heavy atom. The molecule has 4 nitrogen and oxygen atoms in total. The molecule has 18 heavy (non-hydrogen) atoms. The van der Waals surface area contributed by atoms with Gasteiger partial charge in [-0.3, -0.25) is 0 Å². The van der Waals surface area contributed by atoms with E-state index in [1.807, 2.05) is 32.0 Å². The Morgan fingerprint density at radius 1 is 1.39 bits per heavy atom. The molecule has 1 heterocycles. The van der Waals surface area contributed by atoms with Crippen LogP contribution in [0, 0.1) is 0 Å². The quantitative estimate of drug-likeness (QED) is 0.882. The Labute approximate surface area is 108 Å². The van der Waals surface area contributed by atoms with E-state index in [0.29, 0.717) is 5.95 Å². The molecule has 2 N–H and O–H groups in total. The first kappa shape index (κ1) is 12.7. The topological polar surface area (TPSA) is 53.1 Å². The molecule has 2 aromatic rings. The monoisotopic (exact) mass is 247 g/mol. The maximum atomic E-state index is 5.99. The number of nitrogen functional groups attached to an aromatic ring is 1. The maximum absolute atomic E-state index is 5.99. The van der Waals surface area contributed by atoms with E-state index >= 15 is 0 Å². The van der Waals surface area contributed by atoms with Crippen LogP contribution in [-0.2, 0) is 6.54 Å². The zero-order valence-corrected chi connectivity index (χ0v) is 11.3. The van der Waals surface area contributed by atoms with Crippen LogP contribution >= 0.6 is 0 Å². The minimum Gasteiger partial charge on any atom is -0.489 e. The predicted octanol–water partition coefficient (Wildman–Crippen LogP) is 3.21. The minimum absolute atomic E-state index is 0.137. The Kier molecular flexibility index (Phi) is 3.75. The summed E-state index contributed by atoms with van der Waals surface area (Å²) >= 11 is 0. The molecule has 0 atom stereocenters. The lowest BCUT2D eigenvalue weighted by molar-refractivity contribution is 0.245. The molecule has 0 unspecified atom stereocenters. The van der Waals surface area contributed by atoms with Crippen LogP contribution < -0.4 is 10.5 Å². The lowest BCUT2D eigenvalue weighted by Crippen LogP contribution is -2.05. The van der Waals surface area contributed by atoms with Crippen LogP contribution in [-0.4, -0.2) is 15.7 Å². The number of rotatable bonds is 5. The van der Waals surface area contributed by atoms with Crippen LogP contribution in [0.25, 0.3) is 11.0 Å². The van der Waals surface area contributed by atoms with Gasteiger partial charge in [0.25, 0.3) is 0 Å². The van der Waals surface area contributed by atoms with Crippen molar-refractivity contribution in [2.45, 2.75) is 46.3 Å². The summed E-state index contributed by atoms with van der Waals surface area (Å²) in [6, 6.07) is 5.98. The van der Waals surface area contributed by atoms with Gasteiger partial charge in [-0.15, -0.1) is 0 Å². The fourth-order valence-corrected chi connectivity index (χ4v) is 2.04. The first-order chi connectivity index (χ1) is 8.63. The molecule has 98 valence electrons. The summed E-state index contributed by atoms with van der Waals surface area (Å²) in [5, 5.41) is 0. The fourth-order valence-electron chi connectivity index (χ4n) is 2.04. The minimum atomic E-state index is 0.137. The molecule has 0 radical (unpaired) electrons. The van der Waals surface area contributed by atoms with Crippen molar-refractivity contribution >= 4 is 17.0 Å². The molecule has 0 aliphatic carbocycles. The molecule has 2 rings (SSSR count). The third-order valence-corrected chi connectivity index (χ3v) is 2.87. The number of para-hydroxylation sites is 1. The van der Waals surface area contributed by atoms with Gasteiger partial charge in [0.05, 0.1) is 11.6 Å². The number of unbranched alkanes of at least 4 members (excludes halogenated alkanes) is 1. The molecule has 0 fully saturated rings. The first-order valence-electron chi connectivity index (χ1n) is 6.54. The number of aromatic nitrogens is 2. The second-order valence-corrected chi connectivity index (χ2v) is 4.77. The number of fused-ring (bicyclic) bond motifs is 1. The number of benzene rings is 1. The number of hydrogen-bond acceptors (Lipinski definition) is 3. The molecule has 0 spiro atoms. The van der Waals surface area contributed by atoms with Gasteiger partial charge in [-0.05, 0) is 32.4 Å². The van der Waals surface area contributed by atoms with Crippen molar-refractivity contribution in [2.75, 3.05) is 5.73 Å². The highest BCUT2D eigenvalue weighted by Crippen LogP contribution is 2.28. The second-order valence-electron chi connectivity index (χ2n) is 4.77. The first-order valence-corrected chi connectivity index (χ1v) is 6.54. The molecule has 0 amide bonds. The van der Waals surface area contributed by atoms with Crippen molar-refractivity contribution in [3.8, 4) is 5.75 Å². The lowest BCUT2D eigenvalue weighted by atomic mass is 10.2. The number of nitrogens with two attached hydrogens (primary N) is 1. The summed E-state index contributed by atoms with van der Waals surface area (Å²) in [6.45, 7) is 7.10. The van der Waals surface area contributed by atoms with Crippen molar-refractivity contribution in [1.29, 1.82) is 0 Å². The van der Waals surface area contributed by atoms with Crippen LogP contribution in [0.4, 0.5) is 5.95 Å². The van der Waals surface area contributed by atoms with Gasteiger partial charge in [0.2, 0.25) is 5.95 Å². The molecule has 0 aliphatic heterocycles. The molecule has 0 aliphatic rings. The van der Waals surface area contributed by atoms with Gasteiger partial charge in [-0.2, -0.15) is 0 Å². The van der Waals surface area contributed by atoms with Gasteiger partial charge in [0, 0.05) is 6.54 Å². The van der Waals surface area contributed by atoms with Crippen LogP contribution in [0.15, 0.2) is 18.2 Å². The Balaban J connectivity index is 2.45. The zero-order chi connectivity index (χ0) is 13.1. The molecule has 0 saturated carbocycles. The summed E-state index contributed by atoms with van der Waals surface area (Å²) in [5.74, 6) is 1.38. The van der Waals surface area contributed by atoms with Crippen molar-refractivity contribution < 1.29 is 4.74 Å². The Hall–Kier alpha value is -1.71. The number of nitrogens with zero attached hydrogens (tertiary/aromatic N) is 2. The van der Waals surface area contributed by atoms with E-state index in [1.165, 1.54) is 0 Å². The van der Waals surface area contributed by atoms with E-state index in [0.717, 1.165) is 36.2 Å². The predicted molar refractivity (Wildman–Crippen MR) is 74.8 cm³/mol. The second kappa shape index (κ2) is 5.29. The van der Waals surface area contributed by atoms with Crippen LogP contribution in [0.3, 0.4) is 0 Å². The van der Waals surface area contributed by atoms with Gasteiger partial charge in [0.1, 0.15) is 11.3 Å². The SMILES string of the molecule is CCCCn1c(N)nc2c(OC(C)C)cccc21. The van der Waals surface area contributed by atoms with Crippen molar-refractivity contribution in [2.24, 2.45) is 0 Å². The van der Waals surface area contributed by atoms with Gasteiger partial charge >= 0.3 is 0 Å². The number of ether oxygens (including phenoxy) is 1. The smallest absolute Gasteiger partial charge is 0.201 e. The van der Waals surface area contributed by atoms with Gasteiger partial charge in [-0.1, -0.05) is 19.4 Å². The van der Waals surface area contributed by atoms with Crippen molar-refractivity contribution in [3.63, 3.8) is 0 Å². The molecule has 0 bridgehead atoms. The lowest BCUT2D eigenvalue weighted by Gasteiger charge is -2.10. The zero-order valence-electron chi connectivity index (χ0n) is 11.3. The number of hydrogen-bond donors (Lipinski definition) is 1. The maximum Gasteiger partial charge on any atom is 0.201 e. The molecule has 1 aromatic heterocycles. The Morgan fingerprint density at radius 3 is 2.83 bits per heavy atom. The molecular formula is C14H21N3O. The largest absolute Gasteiger partial charge is 0.489 e. The summed E-state index contributed by atoms with van der Waals surface area (Å²) in [5.41, 5.74) is 7.91. The average molecular weight is 247 g/mol. The third-order valence-electron chi connectivity index (χ3n) is 2.87. The van der Waals surface area contributed by atoms with Gasteiger partial charge < -0.3 is 15.0 Å². The van der Waals surface area contributed by atoms with Gasteiger partial charge in [0.15, 0.2) is 0 Å². The highest BCUT2D eigenvalue weighted by molar-refractivity contribution is 5.84. The van der Waals surface area contributed by atoms with Crippen LogP contribution in [0.2, 0.25) is 0 Å². The van der Waals surface area contributed by atoms with E-state index in [4.69, 9.17) is 10.5 Å². The van der Waals surface area contributed by atoms with Crippen LogP contribution in [0.1, 0.15) is 33.6 Å². The van der Waals surface area contributed by atoms with Gasteiger partial charge in [-0.25, -0.2) is 4.98 Å². The van der Waals surface area contributed by atoms with E-state index in [2.05, 4.69) is 16.5 Å². The van der Waals surface area contributed by atoms with E-state index in [-0.39, 0.29) is 6.10 Å². The summed E-state index contributed by atoms with van der Waals surface area (Å²) in [6.07, 6.45) is 2.38. The third kappa shape index (κ3) is 2.42. The number of imidazole rings is 1. The molecule has 0 saturated heterocycles. The number of anilines is 1. The highest BCUT2D eigenvalue weighted by Gasteiger charge is 2.12. The Bertz CT molecular complexity index is 531. The average Bonchev–Trinajstić information content (AvgIpc) is 2.63. The summed E-state index contributed by atoms with van der Waals surface area (Å²) in [4.78, 5) is 4.43. The normalized spacial score (nSPS) is 11.3. The van der Waals surface area contributed by atoms with Crippen LogP contribution in [0.5, 0.6) is 5.75 Å². The van der Waals surface area contributed by atoms with Crippen molar-refractivity contribution in [3.05, 3.63) is 18.2 Å². The van der Waals surface area contributed by atoms with E-state index < -0.39 is 0 Å². The fraction of sp³-hybridized carbons (Fsp3) is 0.500. The highest BCUT2D eigenvalue weighted by atomic mass is 16.5.